The number of rotatable bonds is 5. The second-order valence-corrected chi connectivity index (χ2v) is 9.86. The van der Waals surface area contributed by atoms with E-state index in [2.05, 4.69) is 70.4 Å². The van der Waals surface area contributed by atoms with E-state index in [9.17, 15) is 4.79 Å². The van der Waals surface area contributed by atoms with Crippen molar-refractivity contribution in [1.29, 1.82) is 0 Å². The first-order chi connectivity index (χ1) is 16.8. The van der Waals surface area contributed by atoms with Gasteiger partial charge < -0.3 is 14.5 Å². The Hall–Kier alpha value is -3.72. The van der Waals surface area contributed by atoms with Gasteiger partial charge >= 0.3 is 0 Å². The molecule has 0 unspecified atom stereocenters. The quantitative estimate of drug-likeness (QED) is 0.473. The van der Waals surface area contributed by atoms with E-state index < -0.39 is 6.04 Å². The second-order valence-electron chi connectivity index (χ2n) is 9.86. The van der Waals surface area contributed by atoms with Crippen molar-refractivity contribution < 1.29 is 9.47 Å². The molecule has 2 aromatic carbocycles. The number of methoxy groups -OCH3 is 2. The lowest BCUT2D eigenvalue weighted by Gasteiger charge is -2.36. The Bertz CT molecular complexity index is 1440. The van der Waals surface area contributed by atoms with E-state index in [1.165, 1.54) is 11.1 Å². The van der Waals surface area contributed by atoms with Gasteiger partial charge in [-0.25, -0.2) is 4.68 Å². The standard InChI is InChI=1S/C26H30N6O3/c1-26(2,3)32-24(28-29-30-32)23(31-11-10-16-8-6-7-9-17(16)15-31)19-12-18-13-21(34-4)22(35-5)14-20(18)27-25(19)33/h6-9,12-14,23H,10-11,15H2,1-5H3,(H,27,33)/t23-/m0/s1. The van der Waals surface area contributed by atoms with Crippen LogP contribution in [0.3, 0.4) is 0 Å². The summed E-state index contributed by atoms with van der Waals surface area (Å²) in [5.74, 6) is 1.80. The maximum absolute atomic E-state index is 13.5. The van der Waals surface area contributed by atoms with Crippen molar-refractivity contribution >= 4 is 10.9 Å². The van der Waals surface area contributed by atoms with E-state index >= 15 is 0 Å². The van der Waals surface area contributed by atoms with E-state index in [1.807, 2.05) is 16.8 Å². The largest absolute Gasteiger partial charge is 0.493 e. The number of H-pyrrole nitrogens is 1. The molecule has 0 saturated heterocycles. The molecule has 0 aliphatic carbocycles. The molecule has 0 fully saturated rings. The van der Waals surface area contributed by atoms with Crippen LogP contribution in [0.1, 0.15) is 49.3 Å². The molecule has 0 bridgehead atoms. The molecule has 0 spiro atoms. The number of aromatic nitrogens is 5. The predicted octanol–water partition coefficient (Wildman–Crippen LogP) is 3.43. The number of aromatic amines is 1. The lowest BCUT2D eigenvalue weighted by molar-refractivity contribution is 0.185. The number of hydrogen-bond acceptors (Lipinski definition) is 7. The van der Waals surface area contributed by atoms with Crippen LogP contribution in [0, 0.1) is 0 Å². The Balaban J connectivity index is 1.70. The molecule has 0 saturated carbocycles. The minimum Gasteiger partial charge on any atom is -0.493 e. The summed E-state index contributed by atoms with van der Waals surface area (Å²) < 4.78 is 12.7. The summed E-state index contributed by atoms with van der Waals surface area (Å²) in [6, 6.07) is 13.6. The summed E-state index contributed by atoms with van der Waals surface area (Å²) >= 11 is 0. The molecular weight excluding hydrogens is 444 g/mol. The number of fused-ring (bicyclic) bond motifs is 2. The van der Waals surface area contributed by atoms with Crippen LogP contribution in [-0.2, 0) is 18.5 Å². The first-order valence-electron chi connectivity index (χ1n) is 11.7. The average Bonchev–Trinajstić information content (AvgIpc) is 3.34. The van der Waals surface area contributed by atoms with Crippen LogP contribution in [0.5, 0.6) is 11.5 Å². The third-order valence-corrected chi connectivity index (χ3v) is 6.57. The zero-order valence-electron chi connectivity index (χ0n) is 20.7. The van der Waals surface area contributed by atoms with Crippen LogP contribution in [0.15, 0.2) is 47.3 Å². The molecule has 3 heterocycles. The highest BCUT2D eigenvalue weighted by atomic mass is 16.5. The fourth-order valence-electron chi connectivity index (χ4n) is 4.83. The highest BCUT2D eigenvalue weighted by Gasteiger charge is 2.34. The Kier molecular flexibility index (Phi) is 5.80. The SMILES string of the molecule is COc1cc2cc([C@@H](c3nnnn3C(C)(C)C)N3CCc4ccccc4C3)c(=O)[nH]c2cc1OC. The minimum absolute atomic E-state index is 0.183. The summed E-state index contributed by atoms with van der Waals surface area (Å²) in [6.45, 7) is 7.63. The molecular formula is C26H30N6O3. The van der Waals surface area contributed by atoms with E-state index in [-0.39, 0.29) is 11.1 Å². The van der Waals surface area contributed by atoms with Gasteiger partial charge in [-0.3, -0.25) is 9.69 Å². The van der Waals surface area contributed by atoms with Gasteiger partial charge in [0.15, 0.2) is 17.3 Å². The van der Waals surface area contributed by atoms with Crippen LogP contribution < -0.4 is 15.0 Å². The molecule has 35 heavy (non-hydrogen) atoms. The summed E-state index contributed by atoms with van der Waals surface area (Å²) in [5.41, 5.74) is 3.31. The molecule has 1 atom stereocenters. The van der Waals surface area contributed by atoms with Gasteiger partial charge in [0.1, 0.15) is 6.04 Å². The third kappa shape index (κ3) is 4.16. The molecule has 2 aromatic heterocycles. The van der Waals surface area contributed by atoms with E-state index in [0.29, 0.717) is 34.9 Å². The topological polar surface area (TPSA) is 98.2 Å². The van der Waals surface area contributed by atoms with Crippen molar-refractivity contribution in [2.24, 2.45) is 0 Å². The van der Waals surface area contributed by atoms with Gasteiger partial charge in [0, 0.05) is 30.1 Å². The molecule has 1 N–H and O–H groups in total. The van der Waals surface area contributed by atoms with Gasteiger partial charge in [0.05, 0.1) is 25.3 Å². The molecule has 4 aromatic rings. The monoisotopic (exact) mass is 474 g/mol. The zero-order valence-corrected chi connectivity index (χ0v) is 20.7. The number of nitrogens with one attached hydrogen (secondary N) is 1. The van der Waals surface area contributed by atoms with Gasteiger partial charge in [-0.1, -0.05) is 24.3 Å². The first kappa shape index (κ1) is 23.0. The molecule has 1 aliphatic heterocycles. The molecule has 182 valence electrons. The lowest BCUT2D eigenvalue weighted by atomic mass is 9.95. The Morgan fingerprint density at radius 1 is 1.03 bits per heavy atom. The summed E-state index contributed by atoms with van der Waals surface area (Å²) in [5, 5.41) is 13.6. The van der Waals surface area contributed by atoms with Crippen LogP contribution in [-0.4, -0.2) is 50.9 Å². The Morgan fingerprint density at radius 3 is 2.46 bits per heavy atom. The van der Waals surface area contributed by atoms with Gasteiger partial charge in [-0.15, -0.1) is 5.10 Å². The average molecular weight is 475 g/mol. The summed E-state index contributed by atoms with van der Waals surface area (Å²) in [4.78, 5) is 18.9. The number of ether oxygens (including phenoxy) is 2. The molecule has 1 aliphatic rings. The third-order valence-electron chi connectivity index (χ3n) is 6.57. The number of nitrogens with zero attached hydrogens (tertiary/aromatic N) is 5. The van der Waals surface area contributed by atoms with Crippen LogP contribution >= 0.6 is 0 Å². The smallest absolute Gasteiger partial charge is 0.253 e. The Morgan fingerprint density at radius 2 is 1.74 bits per heavy atom. The highest BCUT2D eigenvalue weighted by Crippen LogP contribution is 2.35. The van der Waals surface area contributed by atoms with Crippen molar-refractivity contribution in [3.63, 3.8) is 0 Å². The molecule has 9 nitrogen and oxygen atoms in total. The van der Waals surface area contributed by atoms with Crippen molar-refractivity contribution in [3.8, 4) is 11.5 Å². The van der Waals surface area contributed by atoms with Crippen molar-refractivity contribution in [3.05, 3.63) is 75.3 Å². The normalized spacial score (nSPS) is 15.1. The van der Waals surface area contributed by atoms with E-state index in [1.54, 1.807) is 20.3 Å². The van der Waals surface area contributed by atoms with Crippen molar-refractivity contribution in [1.82, 2.24) is 30.1 Å². The van der Waals surface area contributed by atoms with Gasteiger partial charge in [0.2, 0.25) is 0 Å². The Labute approximate surface area is 203 Å². The van der Waals surface area contributed by atoms with Gasteiger partial charge in [-0.05, 0) is 60.9 Å². The summed E-state index contributed by atoms with van der Waals surface area (Å²) in [7, 11) is 3.18. The summed E-state index contributed by atoms with van der Waals surface area (Å²) in [6.07, 6.45) is 0.889. The van der Waals surface area contributed by atoms with Crippen LogP contribution in [0.4, 0.5) is 0 Å². The van der Waals surface area contributed by atoms with E-state index in [0.717, 1.165) is 18.4 Å². The predicted molar refractivity (Wildman–Crippen MR) is 133 cm³/mol. The lowest BCUT2D eigenvalue weighted by Crippen LogP contribution is -2.40. The van der Waals surface area contributed by atoms with Crippen molar-refractivity contribution in [2.75, 3.05) is 20.8 Å². The second kappa shape index (κ2) is 8.81. The zero-order chi connectivity index (χ0) is 24.7. The van der Waals surface area contributed by atoms with Gasteiger partial charge in [0.25, 0.3) is 5.56 Å². The molecule has 0 radical (unpaired) electrons. The van der Waals surface area contributed by atoms with Gasteiger partial charge in [-0.2, -0.15) is 0 Å². The maximum atomic E-state index is 13.5. The van der Waals surface area contributed by atoms with Crippen molar-refractivity contribution in [2.45, 2.75) is 45.3 Å². The number of benzene rings is 2. The fourth-order valence-corrected chi connectivity index (χ4v) is 4.83. The molecule has 9 heteroatoms. The molecule has 5 rings (SSSR count). The maximum Gasteiger partial charge on any atom is 0.253 e. The number of tetrazole rings is 1. The van der Waals surface area contributed by atoms with E-state index in [4.69, 9.17) is 9.47 Å². The fraction of sp³-hybridized carbons (Fsp3) is 0.385. The highest BCUT2D eigenvalue weighted by molar-refractivity contribution is 5.83. The van der Waals surface area contributed by atoms with Crippen LogP contribution in [0.2, 0.25) is 0 Å². The minimum atomic E-state index is -0.432. The first-order valence-corrected chi connectivity index (χ1v) is 11.7. The number of hydrogen-bond donors (Lipinski definition) is 1. The number of pyridine rings is 1. The van der Waals surface area contributed by atoms with Crippen LogP contribution in [0.25, 0.3) is 10.9 Å². The molecule has 0 amide bonds.